The van der Waals surface area contributed by atoms with Crippen molar-refractivity contribution in [1.82, 2.24) is 15.2 Å². The van der Waals surface area contributed by atoms with Gasteiger partial charge in [-0.1, -0.05) is 18.2 Å². The van der Waals surface area contributed by atoms with E-state index >= 15 is 0 Å². The molecule has 5 rings (SSSR count). The van der Waals surface area contributed by atoms with Gasteiger partial charge in [0.25, 0.3) is 11.8 Å². The number of fused-ring (bicyclic) bond motifs is 3. The lowest BCUT2D eigenvalue weighted by atomic mass is 9.91. The third kappa shape index (κ3) is 3.70. The molecule has 0 radical (unpaired) electrons. The molecule has 2 aliphatic heterocycles. The summed E-state index contributed by atoms with van der Waals surface area (Å²) < 4.78 is 10.5. The quantitative estimate of drug-likeness (QED) is 0.736. The van der Waals surface area contributed by atoms with Gasteiger partial charge in [0.05, 0.1) is 12.7 Å². The van der Waals surface area contributed by atoms with Crippen LogP contribution in [-0.4, -0.2) is 60.0 Å². The second kappa shape index (κ2) is 8.26. The third-order valence-corrected chi connectivity index (χ3v) is 6.77. The number of para-hydroxylation sites is 1. The van der Waals surface area contributed by atoms with Crippen molar-refractivity contribution in [3.63, 3.8) is 0 Å². The van der Waals surface area contributed by atoms with Gasteiger partial charge in [0.1, 0.15) is 11.4 Å². The number of amides is 2. The first kappa shape index (κ1) is 20.5. The molecule has 32 heavy (non-hydrogen) atoms. The molecule has 2 aromatic rings. The van der Waals surface area contributed by atoms with E-state index in [9.17, 15) is 14.4 Å². The maximum Gasteiger partial charge on any atom is 0.339 e. The Kier molecular flexibility index (Phi) is 5.28. The summed E-state index contributed by atoms with van der Waals surface area (Å²) in [5, 5.41) is 3.21. The summed E-state index contributed by atoms with van der Waals surface area (Å²) >= 11 is 0. The highest BCUT2D eigenvalue weighted by atomic mass is 16.5. The zero-order chi connectivity index (χ0) is 22.2. The number of nitrogens with zero attached hydrogens (tertiary/aromatic N) is 2. The number of piperidine rings is 1. The van der Waals surface area contributed by atoms with Crippen LogP contribution in [0.1, 0.15) is 39.3 Å². The lowest BCUT2D eigenvalue weighted by Crippen LogP contribution is -2.56. The van der Waals surface area contributed by atoms with Gasteiger partial charge in [0.15, 0.2) is 6.10 Å². The van der Waals surface area contributed by atoms with E-state index < -0.39 is 12.1 Å². The van der Waals surface area contributed by atoms with Crippen molar-refractivity contribution in [3.05, 3.63) is 59.4 Å². The Morgan fingerprint density at radius 3 is 2.50 bits per heavy atom. The van der Waals surface area contributed by atoms with Crippen LogP contribution in [0.2, 0.25) is 0 Å². The SMILES string of the molecule is COC(=O)c1ccc(C(=O)N2C[C@H]3CC[C@@H](C2)C3NC(=O)C2Cc3ccccc3O2)nc1. The third-order valence-electron chi connectivity index (χ3n) is 6.77. The molecule has 2 bridgehead atoms. The zero-order valence-corrected chi connectivity index (χ0v) is 17.8. The van der Waals surface area contributed by atoms with Crippen molar-refractivity contribution < 1.29 is 23.9 Å². The van der Waals surface area contributed by atoms with Gasteiger partial charge in [-0.2, -0.15) is 0 Å². The molecule has 0 spiro atoms. The molecular formula is C24H25N3O5. The Bertz CT molecular complexity index is 1010. The van der Waals surface area contributed by atoms with Crippen LogP contribution in [0.3, 0.4) is 0 Å². The topological polar surface area (TPSA) is 97.8 Å². The Morgan fingerprint density at radius 1 is 1.09 bits per heavy atom. The summed E-state index contributed by atoms with van der Waals surface area (Å²) in [4.78, 5) is 43.4. The number of aromatic nitrogens is 1. The van der Waals surface area contributed by atoms with E-state index in [1.165, 1.54) is 13.3 Å². The molecule has 1 saturated heterocycles. The second-order valence-corrected chi connectivity index (χ2v) is 8.68. The van der Waals surface area contributed by atoms with Crippen molar-refractivity contribution in [1.29, 1.82) is 0 Å². The Labute approximate surface area is 185 Å². The number of hydrogen-bond acceptors (Lipinski definition) is 6. The number of carbonyl (C=O) groups excluding carboxylic acids is 3. The summed E-state index contributed by atoms with van der Waals surface area (Å²) in [5.41, 5.74) is 1.67. The molecule has 1 aliphatic carbocycles. The van der Waals surface area contributed by atoms with E-state index in [2.05, 4.69) is 15.0 Å². The van der Waals surface area contributed by atoms with Crippen LogP contribution in [0, 0.1) is 11.8 Å². The highest BCUT2D eigenvalue weighted by Crippen LogP contribution is 2.38. The summed E-state index contributed by atoms with van der Waals surface area (Å²) in [6.45, 7) is 1.15. The van der Waals surface area contributed by atoms with Crippen molar-refractivity contribution in [3.8, 4) is 5.75 Å². The molecule has 1 aromatic heterocycles. The largest absolute Gasteiger partial charge is 0.480 e. The number of nitrogens with one attached hydrogen (secondary N) is 1. The minimum absolute atomic E-state index is 0.0496. The van der Waals surface area contributed by atoms with E-state index in [-0.39, 0.29) is 29.7 Å². The number of rotatable bonds is 4. The molecule has 3 aliphatic rings. The molecule has 1 saturated carbocycles. The first-order chi connectivity index (χ1) is 15.5. The molecule has 1 aromatic carbocycles. The van der Waals surface area contributed by atoms with Crippen molar-refractivity contribution >= 4 is 17.8 Å². The van der Waals surface area contributed by atoms with E-state index in [1.807, 2.05) is 29.2 Å². The molecule has 1 N–H and O–H groups in total. The number of ether oxygens (including phenoxy) is 2. The van der Waals surface area contributed by atoms with Crippen molar-refractivity contribution in [2.24, 2.45) is 11.8 Å². The lowest BCUT2D eigenvalue weighted by molar-refractivity contribution is -0.128. The fourth-order valence-electron chi connectivity index (χ4n) is 5.13. The van der Waals surface area contributed by atoms with E-state index in [0.717, 1.165) is 24.2 Å². The van der Waals surface area contributed by atoms with Gasteiger partial charge in [0.2, 0.25) is 0 Å². The van der Waals surface area contributed by atoms with Gasteiger partial charge < -0.3 is 19.7 Å². The number of esters is 1. The number of methoxy groups -OCH3 is 1. The van der Waals surface area contributed by atoms with Gasteiger partial charge >= 0.3 is 5.97 Å². The minimum Gasteiger partial charge on any atom is -0.480 e. The Balaban J connectivity index is 1.21. The predicted molar refractivity (Wildman–Crippen MR) is 114 cm³/mol. The summed E-state index contributed by atoms with van der Waals surface area (Å²) in [6.07, 6.45) is 3.39. The number of carbonyl (C=O) groups is 3. The van der Waals surface area contributed by atoms with Crippen LogP contribution in [0.15, 0.2) is 42.6 Å². The van der Waals surface area contributed by atoms with Gasteiger partial charge in [-0.05, 0) is 48.4 Å². The van der Waals surface area contributed by atoms with Crippen LogP contribution >= 0.6 is 0 Å². The molecule has 4 atom stereocenters. The molecular weight excluding hydrogens is 410 g/mol. The fourth-order valence-corrected chi connectivity index (χ4v) is 5.13. The van der Waals surface area contributed by atoms with Crippen LogP contribution < -0.4 is 10.1 Å². The van der Waals surface area contributed by atoms with Gasteiger partial charge in [-0.15, -0.1) is 0 Å². The molecule has 166 valence electrons. The smallest absolute Gasteiger partial charge is 0.339 e. The second-order valence-electron chi connectivity index (χ2n) is 8.68. The molecule has 3 heterocycles. The predicted octanol–water partition coefficient (Wildman–Crippen LogP) is 1.84. The van der Waals surface area contributed by atoms with Crippen molar-refractivity contribution in [2.45, 2.75) is 31.4 Å². The maximum atomic E-state index is 13.0. The van der Waals surface area contributed by atoms with E-state index in [1.54, 1.807) is 12.1 Å². The molecule has 2 unspecified atom stereocenters. The van der Waals surface area contributed by atoms with Crippen LogP contribution in [-0.2, 0) is 16.0 Å². The lowest BCUT2D eigenvalue weighted by Gasteiger charge is -2.38. The van der Waals surface area contributed by atoms with E-state index in [4.69, 9.17) is 4.74 Å². The minimum atomic E-state index is -0.496. The first-order valence-corrected chi connectivity index (χ1v) is 10.9. The van der Waals surface area contributed by atoms with Gasteiger partial charge in [0, 0.05) is 31.7 Å². The average molecular weight is 435 g/mol. The summed E-state index contributed by atoms with van der Waals surface area (Å²) in [5.74, 6) is 0.474. The van der Waals surface area contributed by atoms with E-state index in [0.29, 0.717) is 30.8 Å². The highest BCUT2D eigenvalue weighted by Gasteiger charge is 2.45. The molecule has 2 fully saturated rings. The number of likely N-dealkylation sites (tertiary alicyclic amines) is 1. The number of pyridine rings is 1. The van der Waals surface area contributed by atoms with Crippen LogP contribution in [0.4, 0.5) is 0 Å². The first-order valence-electron chi connectivity index (χ1n) is 10.9. The highest BCUT2D eigenvalue weighted by molar-refractivity contribution is 5.94. The van der Waals surface area contributed by atoms with Gasteiger partial charge in [-0.3, -0.25) is 14.6 Å². The summed E-state index contributed by atoms with van der Waals surface area (Å²) in [7, 11) is 1.30. The standard InChI is InChI=1S/C24H25N3O5/c1-31-24(30)15-8-9-18(25-11-15)23(29)27-12-16-6-7-17(13-27)21(16)26-22(28)20-10-14-4-2-3-5-19(14)32-20/h2-5,8-9,11,16-17,20-21H,6-7,10,12-13H2,1H3,(H,26,28)/t16-,17+,20?,21?. The Morgan fingerprint density at radius 2 is 1.84 bits per heavy atom. The Hall–Kier alpha value is -3.42. The molecule has 2 amide bonds. The summed E-state index contributed by atoms with van der Waals surface area (Å²) in [6, 6.07) is 10.9. The van der Waals surface area contributed by atoms with Crippen molar-refractivity contribution in [2.75, 3.05) is 20.2 Å². The number of benzene rings is 1. The normalized spacial score (nSPS) is 25.6. The van der Waals surface area contributed by atoms with Crippen LogP contribution in [0.25, 0.3) is 0 Å². The fraction of sp³-hybridized carbons (Fsp3) is 0.417. The molecule has 8 nitrogen and oxygen atoms in total. The molecule has 8 heteroatoms. The average Bonchev–Trinajstić information content (AvgIpc) is 3.35. The number of hydrogen-bond donors (Lipinski definition) is 1. The van der Waals surface area contributed by atoms with Crippen LogP contribution in [0.5, 0.6) is 5.75 Å². The maximum absolute atomic E-state index is 13.0. The monoisotopic (exact) mass is 435 g/mol. The van der Waals surface area contributed by atoms with Gasteiger partial charge in [-0.25, -0.2) is 4.79 Å². The zero-order valence-electron chi connectivity index (χ0n) is 17.8.